The number of halogens is 1. The van der Waals surface area contributed by atoms with Gasteiger partial charge in [-0.25, -0.2) is 0 Å². The molecule has 2 N–H and O–H groups in total. The van der Waals surface area contributed by atoms with Crippen molar-refractivity contribution < 1.29 is 5.11 Å². The van der Waals surface area contributed by atoms with Crippen LogP contribution in [0.2, 0.25) is 5.02 Å². The zero-order chi connectivity index (χ0) is 11.4. The summed E-state index contributed by atoms with van der Waals surface area (Å²) in [6.07, 6.45) is 6.78. The topological polar surface area (TPSA) is 32.3 Å². The molecule has 0 radical (unpaired) electrons. The molecule has 0 amide bonds. The maximum absolute atomic E-state index is 9.30. The molecule has 0 atom stereocenters. The van der Waals surface area contributed by atoms with Gasteiger partial charge in [-0.3, -0.25) is 0 Å². The standard InChI is InChI=1S/C13H18ClNO/c14-12-8-11(6-7-13(12)16)15-9-10-4-2-1-3-5-10/h6-8,10,15-16H,1-5,9H2. The van der Waals surface area contributed by atoms with Crippen molar-refractivity contribution in [3.63, 3.8) is 0 Å². The number of hydrogen-bond donors (Lipinski definition) is 2. The first-order valence-corrected chi connectivity index (χ1v) is 6.36. The Bertz CT molecular complexity index is 348. The summed E-state index contributed by atoms with van der Waals surface area (Å²) >= 11 is 5.85. The summed E-state index contributed by atoms with van der Waals surface area (Å²) < 4.78 is 0. The van der Waals surface area contributed by atoms with Crippen LogP contribution >= 0.6 is 11.6 Å². The normalized spacial score (nSPS) is 17.3. The molecule has 16 heavy (non-hydrogen) atoms. The van der Waals surface area contributed by atoms with E-state index in [1.165, 1.54) is 32.1 Å². The summed E-state index contributed by atoms with van der Waals surface area (Å²) in [6.45, 7) is 1.01. The van der Waals surface area contributed by atoms with Crippen molar-refractivity contribution in [2.75, 3.05) is 11.9 Å². The Balaban J connectivity index is 1.86. The molecule has 2 nitrogen and oxygen atoms in total. The van der Waals surface area contributed by atoms with Gasteiger partial charge in [-0.1, -0.05) is 30.9 Å². The second-order valence-corrected chi connectivity index (χ2v) is 4.96. The average Bonchev–Trinajstić information content (AvgIpc) is 2.32. The molecule has 0 unspecified atom stereocenters. The first kappa shape index (κ1) is 11.6. The Morgan fingerprint density at radius 2 is 2.00 bits per heavy atom. The Kier molecular flexibility index (Phi) is 3.94. The van der Waals surface area contributed by atoms with E-state index < -0.39 is 0 Å². The molecule has 3 heteroatoms. The molecule has 0 saturated heterocycles. The lowest BCUT2D eigenvalue weighted by molar-refractivity contribution is 0.373. The Morgan fingerprint density at radius 3 is 2.69 bits per heavy atom. The van der Waals surface area contributed by atoms with E-state index >= 15 is 0 Å². The van der Waals surface area contributed by atoms with E-state index in [1.807, 2.05) is 6.07 Å². The molecule has 0 aromatic heterocycles. The van der Waals surface area contributed by atoms with Crippen LogP contribution in [-0.4, -0.2) is 11.7 Å². The lowest BCUT2D eigenvalue weighted by Gasteiger charge is -2.22. The van der Waals surface area contributed by atoms with Gasteiger partial charge in [0.25, 0.3) is 0 Å². The first-order chi connectivity index (χ1) is 7.75. The van der Waals surface area contributed by atoms with Crippen LogP contribution in [0.1, 0.15) is 32.1 Å². The van der Waals surface area contributed by atoms with E-state index in [2.05, 4.69) is 5.32 Å². The van der Waals surface area contributed by atoms with E-state index in [0.717, 1.165) is 18.2 Å². The van der Waals surface area contributed by atoms with Crippen LogP contribution in [0.15, 0.2) is 18.2 Å². The van der Waals surface area contributed by atoms with Gasteiger partial charge in [0.05, 0.1) is 5.02 Å². The molecule has 0 bridgehead atoms. The van der Waals surface area contributed by atoms with Crippen molar-refractivity contribution in [2.45, 2.75) is 32.1 Å². The zero-order valence-electron chi connectivity index (χ0n) is 9.38. The number of nitrogens with one attached hydrogen (secondary N) is 1. The van der Waals surface area contributed by atoms with Crippen LogP contribution in [-0.2, 0) is 0 Å². The highest BCUT2D eigenvalue weighted by atomic mass is 35.5. The number of benzene rings is 1. The third-order valence-corrected chi connectivity index (χ3v) is 3.57. The van der Waals surface area contributed by atoms with Crippen molar-refractivity contribution in [1.29, 1.82) is 0 Å². The fraction of sp³-hybridized carbons (Fsp3) is 0.538. The molecule has 1 aliphatic carbocycles. The van der Waals surface area contributed by atoms with Gasteiger partial charge < -0.3 is 10.4 Å². The molecule has 2 rings (SSSR count). The minimum Gasteiger partial charge on any atom is -0.506 e. The first-order valence-electron chi connectivity index (χ1n) is 5.98. The zero-order valence-corrected chi connectivity index (χ0v) is 10.1. The molecule has 1 aromatic rings. The maximum Gasteiger partial charge on any atom is 0.134 e. The predicted octanol–water partition coefficient (Wildman–Crippen LogP) is 4.04. The molecule has 1 aromatic carbocycles. The SMILES string of the molecule is Oc1ccc(NCC2CCCCC2)cc1Cl. The van der Waals surface area contributed by atoms with Crippen LogP contribution in [0.25, 0.3) is 0 Å². The molecule has 0 spiro atoms. The van der Waals surface area contributed by atoms with Crippen LogP contribution in [0.5, 0.6) is 5.75 Å². The van der Waals surface area contributed by atoms with Crippen molar-refractivity contribution in [2.24, 2.45) is 5.92 Å². The highest BCUT2D eigenvalue weighted by Gasteiger charge is 2.12. The van der Waals surface area contributed by atoms with Gasteiger partial charge in [0, 0.05) is 12.2 Å². The third-order valence-electron chi connectivity index (χ3n) is 3.27. The third kappa shape index (κ3) is 3.05. The van der Waals surface area contributed by atoms with Crippen LogP contribution < -0.4 is 5.32 Å². The van der Waals surface area contributed by atoms with Crippen LogP contribution in [0.3, 0.4) is 0 Å². The molecule has 88 valence electrons. The van der Waals surface area contributed by atoms with Gasteiger partial charge in [-0.2, -0.15) is 0 Å². The molecule has 1 saturated carbocycles. The van der Waals surface area contributed by atoms with Crippen LogP contribution in [0.4, 0.5) is 5.69 Å². The van der Waals surface area contributed by atoms with Crippen molar-refractivity contribution >= 4 is 17.3 Å². The Labute approximate surface area is 102 Å². The average molecular weight is 240 g/mol. The van der Waals surface area contributed by atoms with Crippen molar-refractivity contribution in [3.8, 4) is 5.75 Å². The van der Waals surface area contributed by atoms with Gasteiger partial charge in [0.2, 0.25) is 0 Å². The number of hydrogen-bond acceptors (Lipinski definition) is 2. The van der Waals surface area contributed by atoms with E-state index in [-0.39, 0.29) is 5.75 Å². The number of aromatic hydroxyl groups is 1. The fourth-order valence-corrected chi connectivity index (χ4v) is 2.45. The van der Waals surface area contributed by atoms with Crippen LogP contribution in [0, 0.1) is 5.92 Å². The van der Waals surface area contributed by atoms with Gasteiger partial charge in [-0.15, -0.1) is 0 Å². The Morgan fingerprint density at radius 1 is 1.25 bits per heavy atom. The predicted molar refractivity (Wildman–Crippen MR) is 68.2 cm³/mol. The summed E-state index contributed by atoms with van der Waals surface area (Å²) in [5, 5.41) is 13.1. The summed E-state index contributed by atoms with van der Waals surface area (Å²) in [4.78, 5) is 0. The highest BCUT2D eigenvalue weighted by Crippen LogP contribution is 2.27. The van der Waals surface area contributed by atoms with E-state index in [9.17, 15) is 5.11 Å². The quantitative estimate of drug-likeness (QED) is 0.781. The largest absolute Gasteiger partial charge is 0.506 e. The monoisotopic (exact) mass is 239 g/mol. The molecule has 0 aliphatic heterocycles. The summed E-state index contributed by atoms with van der Waals surface area (Å²) in [7, 11) is 0. The smallest absolute Gasteiger partial charge is 0.134 e. The van der Waals surface area contributed by atoms with E-state index in [4.69, 9.17) is 11.6 Å². The van der Waals surface area contributed by atoms with E-state index in [0.29, 0.717) is 5.02 Å². The molecular weight excluding hydrogens is 222 g/mol. The lowest BCUT2D eigenvalue weighted by atomic mass is 9.89. The summed E-state index contributed by atoms with van der Waals surface area (Å²) in [6, 6.07) is 5.27. The Hall–Kier alpha value is -0.890. The second kappa shape index (κ2) is 5.44. The molecule has 0 heterocycles. The minimum atomic E-state index is 0.143. The van der Waals surface area contributed by atoms with Crippen molar-refractivity contribution in [3.05, 3.63) is 23.2 Å². The molecule has 1 aliphatic rings. The highest BCUT2D eigenvalue weighted by molar-refractivity contribution is 6.32. The molecule has 1 fully saturated rings. The van der Waals surface area contributed by atoms with Gasteiger partial charge in [0.15, 0.2) is 0 Å². The molecular formula is C13H18ClNO. The van der Waals surface area contributed by atoms with E-state index in [1.54, 1.807) is 12.1 Å². The lowest BCUT2D eigenvalue weighted by Crippen LogP contribution is -2.16. The summed E-state index contributed by atoms with van der Waals surface area (Å²) in [5.41, 5.74) is 0.994. The number of anilines is 1. The number of rotatable bonds is 3. The number of phenols is 1. The van der Waals surface area contributed by atoms with Gasteiger partial charge in [0.1, 0.15) is 5.75 Å². The van der Waals surface area contributed by atoms with Crippen molar-refractivity contribution in [1.82, 2.24) is 0 Å². The minimum absolute atomic E-state index is 0.143. The van der Waals surface area contributed by atoms with Gasteiger partial charge in [-0.05, 0) is 37.0 Å². The van der Waals surface area contributed by atoms with Gasteiger partial charge >= 0.3 is 0 Å². The summed E-state index contributed by atoms with van der Waals surface area (Å²) in [5.74, 6) is 0.936. The maximum atomic E-state index is 9.30. The number of phenolic OH excluding ortho intramolecular Hbond substituents is 1. The fourth-order valence-electron chi connectivity index (χ4n) is 2.27. The second-order valence-electron chi connectivity index (χ2n) is 4.55.